The van der Waals surface area contributed by atoms with E-state index in [2.05, 4.69) is 5.32 Å². The molecule has 0 aromatic heterocycles. The Kier molecular flexibility index (Phi) is 6.82. The fourth-order valence-corrected chi connectivity index (χ4v) is 2.47. The Bertz CT molecular complexity index is 640. The van der Waals surface area contributed by atoms with Crippen molar-refractivity contribution < 1.29 is 14.6 Å². The molecule has 2 aromatic rings. The Morgan fingerprint density at radius 3 is 2.46 bits per heavy atom. The molecule has 128 valence electrons. The third-order valence-corrected chi connectivity index (χ3v) is 3.70. The van der Waals surface area contributed by atoms with Gasteiger partial charge in [0.05, 0.1) is 0 Å². The normalized spacial score (nSPS) is 12.1. The van der Waals surface area contributed by atoms with Crippen molar-refractivity contribution in [3.8, 4) is 5.75 Å². The monoisotopic (exact) mass is 327 g/mol. The van der Waals surface area contributed by atoms with Crippen LogP contribution in [-0.4, -0.2) is 17.1 Å². The van der Waals surface area contributed by atoms with Gasteiger partial charge in [0, 0.05) is 6.54 Å². The van der Waals surface area contributed by atoms with Gasteiger partial charge in [-0.3, -0.25) is 4.79 Å². The summed E-state index contributed by atoms with van der Waals surface area (Å²) in [5.41, 5.74) is 2.12. The van der Waals surface area contributed by atoms with E-state index < -0.39 is 12.0 Å². The van der Waals surface area contributed by atoms with E-state index in [0.717, 1.165) is 16.9 Å². The lowest BCUT2D eigenvalue weighted by atomic mass is 10.0. The molecule has 0 fully saturated rings. The number of aliphatic carboxylic acids is 1. The molecule has 4 heteroatoms. The molecule has 0 aliphatic carbocycles. The minimum atomic E-state index is -0.805. The molecule has 0 spiro atoms. The van der Waals surface area contributed by atoms with Gasteiger partial charge in [-0.2, -0.15) is 0 Å². The second-order valence-corrected chi connectivity index (χ2v) is 6.32. The molecule has 0 bridgehead atoms. The van der Waals surface area contributed by atoms with E-state index in [4.69, 9.17) is 4.74 Å². The topological polar surface area (TPSA) is 58.6 Å². The molecule has 0 saturated heterocycles. The summed E-state index contributed by atoms with van der Waals surface area (Å²) in [6, 6.07) is 17.2. The van der Waals surface area contributed by atoms with Crippen molar-refractivity contribution in [3.05, 3.63) is 65.7 Å². The van der Waals surface area contributed by atoms with Crippen molar-refractivity contribution in [2.75, 3.05) is 0 Å². The first-order chi connectivity index (χ1) is 11.5. The zero-order valence-corrected chi connectivity index (χ0v) is 14.2. The molecule has 0 radical (unpaired) electrons. The highest BCUT2D eigenvalue weighted by Gasteiger charge is 2.17. The summed E-state index contributed by atoms with van der Waals surface area (Å²) < 4.78 is 5.81. The van der Waals surface area contributed by atoms with Crippen molar-refractivity contribution in [1.29, 1.82) is 0 Å². The summed E-state index contributed by atoms with van der Waals surface area (Å²) in [6.07, 6.45) is 0.611. The van der Waals surface area contributed by atoms with Crippen LogP contribution in [0.1, 0.15) is 31.4 Å². The average Bonchev–Trinajstić information content (AvgIpc) is 2.57. The molecule has 24 heavy (non-hydrogen) atoms. The van der Waals surface area contributed by atoms with E-state index >= 15 is 0 Å². The maximum absolute atomic E-state index is 11.3. The third kappa shape index (κ3) is 6.05. The van der Waals surface area contributed by atoms with Gasteiger partial charge in [-0.05, 0) is 35.6 Å². The maximum Gasteiger partial charge on any atom is 0.320 e. The second kappa shape index (κ2) is 9.08. The number of benzene rings is 2. The Morgan fingerprint density at radius 2 is 1.79 bits per heavy atom. The largest absolute Gasteiger partial charge is 0.489 e. The molecule has 1 atom stereocenters. The Morgan fingerprint density at radius 1 is 1.08 bits per heavy atom. The van der Waals surface area contributed by atoms with Gasteiger partial charge in [-0.1, -0.05) is 56.3 Å². The van der Waals surface area contributed by atoms with Crippen molar-refractivity contribution in [1.82, 2.24) is 5.32 Å². The van der Waals surface area contributed by atoms with Crippen molar-refractivity contribution in [2.45, 2.75) is 39.5 Å². The van der Waals surface area contributed by atoms with Crippen LogP contribution in [0.3, 0.4) is 0 Å². The van der Waals surface area contributed by atoms with Gasteiger partial charge < -0.3 is 15.2 Å². The number of carboxylic acids is 1. The molecule has 0 aliphatic heterocycles. The summed E-state index contributed by atoms with van der Waals surface area (Å²) in [5.74, 6) is 0.313. The number of ether oxygens (including phenoxy) is 1. The van der Waals surface area contributed by atoms with Crippen LogP contribution in [0.5, 0.6) is 5.75 Å². The summed E-state index contributed by atoms with van der Waals surface area (Å²) in [4.78, 5) is 11.3. The number of rotatable bonds is 9. The van der Waals surface area contributed by atoms with Crippen LogP contribution in [0.4, 0.5) is 0 Å². The zero-order valence-electron chi connectivity index (χ0n) is 14.2. The Labute approximate surface area is 143 Å². The number of hydrogen-bond acceptors (Lipinski definition) is 3. The summed E-state index contributed by atoms with van der Waals surface area (Å²) >= 11 is 0. The van der Waals surface area contributed by atoms with Gasteiger partial charge in [0.2, 0.25) is 0 Å². The van der Waals surface area contributed by atoms with Crippen LogP contribution in [0.25, 0.3) is 0 Å². The lowest BCUT2D eigenvalue weighted by molar-refractivity contribution is -0.140. The fraction of sp³-hybridized carbons (Fsp3) is 0.350. The third-order valence-electron chi connectivity index (χ3n) is 3.70. The SMILES string of the molecule is CC(C)CC(NCc1cccc(OCc2ccccc2)c1)C(=O)O. The van der Waals surface area contributed by atoms with E-state index in [9.17, 15) is 9.90 Å². The van der Waals surface area contributed by atoms with Gasteiger partial charge in [-0.15, -0.1) is 0 Å². The number of hydrogen-bond donors (Lipinski definition) is 2. The van der Waals surface area contributed by atoms with E-state index in [1.165, 1.54) is 0 Å². The summed E-state index contributed by atoms with van der Waals surface area (Å²) in [7, 11) is 0. The van der Waals surface area contributed by atoms with E-state index in [-0.39, 0.29) is 0 Å². The maximum atomic E-state index is 11.3. The van der Waals surface area contributed by atoms with Crippen LogP contribution in [0.15, 0.2) is 54.6 Å². The first kappa shape index (κ1) is 18.0. The standard InChI is InChI=1S/C20H25NO3/c1-15(2)11-19(20(22)23)21-13-17-9-6-10-18(12-17)24-14-16-7-4-3-5-8-16/h3-10,12,15,19,21H,11,13-14H2,1-2H3,(H,22,23). The summed E-state index contributed by atoms with van der Waals surface area (Å²) in [6.45, 7) is 5.07. The van der Waals surface area contributed by atoms with Crippen LogP contribution in [0, 0.1) is 5.92 Å². The first-order valence-electron chi connectivity index (χ1n) is 8.26. The zero-order chi connectivity index (χ0) is 17.4. The fourth-order valence-electron chi connectivity index (χ4n) is 2.47. The van der Waals surface area contributed by atoms with Crippen molar-refractivity contribution >= 4 is 5.97 Å². The van der Waals surface area contributed by atoms with Crippen LogP contribution in [-0.2, 0) is 17.9 Å². The van der Waals surface area contributed by atoms with Crippen molar-refractivity contribution in [3.63, 3.8) is 0 Å². The highest BCUT2D eigenvalue weighted by Crippen LogP contribution is 2.16. The average molecular weight is 327 g/mol. The molecular weight excluding hydrogens is 302 g/mol. The molecular formula is C20H25NO3. The minimum Gasteiger partial charge on any atom is -0.489 e. The quantitative estimate of drug-likeness (QED) is 0.734. The first-order valence-corrected chi connectivity index (χ1v) is 8.26. The number of nitrogens with one attached hydrogen (secondary N) is 1. The molecule has 0 heterocycles. The molecule has 4 nitrogen and oxygen atoms in total. The summed E-state index contributed by atoms with van der Waals surface area (Å²) in [5, 5.41) is 12.4. The molecule has 0 aliphatic rings. The predicted molar refractivity (Wildman–Crippen MR) is 94.9 cm³/mol. The van der Waals surface area contributed by atoms with Crippen LogP contribution < -0.4 is 10.1 Å². The minimum absolute atomic E-state index is 0.333. The Hall–Kier alpha value is -2.33. The number of carboxylic acid groups (broad SMARTS) is 1. The molecule has 0 amide bonds. The molecule has 2 N–H and O–H groups in total. The smallest absolute Gasteiger partial charge is 0.320 e. The Balaban J connectivity index is 1.91. The molecule has 2 rings (SSSR count). The highest BCUT2D eigenvalue weighted by molar-refractivity contribution is 5.73. The second-order valence-electron chi connectivity index (χ2n) is 6.32. The van der Waals surface area contributed by atoms with Gasteiger partial charge in [0.25, 0.3) is 0 Å². The van der Waals surface area contributed by atoms with Gasteiger partial charge >= 0.3 is 5.97 Å². The van der Waals surface area contributed by atoms with Crippen LogP contribution in [0.2, 0.25) is 0 Å². The van der Waals surface area contributed by atoms with E-state index in [1.54, 1.807) is 0 Å². The predicted octanol–water partition coefficient (Wildman–Crippen LogP) is 3.85. The van der Waals surface area contributed by atoms with E-state index in [0.29, 0.717) is 25.5 Å². The van der Waals surface area contributed by atoms with Gasteiger partial charge in [-0.25, -0.2) is 0 Å². The number of carbonyl (C=O) groups is 1. The molecule has 1 unspecified atom stereocenters. The van der Waals surface area contributed by atoms with Gasteiger partial charge in [0.15, 0.2) is 0 Å². The lowest BCUT2D eigenvalue weighted by Crippen LogP contribution is -2.37. The highest BCUT2D eigenvalue weighted by atomic mass is 16.5. The molecule has 2 aromatic carbocycles. The van der Waals surface area contributed by atoms with Crippen molar-refractivity contribution in [2.24, 2.45) is 5.92 Å². The van der Waals surface area contributed by atoms with E-state index in [1.807, 2.05) is 68.4 Å². The van der Waals surface area contributed by atoms with Crippen LogP contribution >= 0.6 is 0 Å². The van der Waals surface area contributed by atoms with Gasteiger partial charge in [0.1, 0.15) is 18.4 Å². The lowest BCUT2D eigenvalue weighted by Gasteiger charge is -2.16. The molecule has 0 saturated carbocycles.